The van der Waals surface area contributed by atoms with Crippen molar-refractivity contribution in [2.24, 2.45) is 11.7 Å². The molecule has 0 radical (unpaired) electrons. The quantitative estimate of drug-likeness (QED) is 0.678. The van der Waals surface area contributed by atoms with E-state index in [9.17, 15) is 4.79 Å². The second-order valence-electron chi connectivity index (χ2n) is 4.38. The normalized spacial score (nSPS) is 20.2. The van der Waals surface area contributed by atoms with E-state index in [1.54, 1.807) is 0 Å². The van der Waals surface area contributed by atoms with Crippen molar-refractivity contribution in [3.05, 3.63) is 0 Å². The maximum Gasteiger partial charge on any atom is 0.237 e. The van der Waals surface area contributed by atoms with E-state index in [1.165, 1.54) is 12.8 Å². The number of hydrogen-bond donors (Lipinski definition) is 2. The number of nitrogens with one attached hydrogen (secondary N) is 1. The lowest BCUT2D eigenvalue weighted by atomic mass is 10.1. The predicted octanol–water partition coefficient (Wildman–Crippen LogP) is 1.42. The Bertz CT molecular complexity index is 190. The van der Waals surface area contributed by atoms with E-state index in [-0.39, 0.29) is 11.9 Å². The van der Waals surface area contributed by atoms with Gasteiger partial charge in [0.05, 0.1) is 6.04 Å². The summed E-state index contributed by atoms with van der Waals surface area (Å²) in [6, 6.07) is 0.00586. The summed E-state index contributed by atoms with van der Waals surface area (Å²) >= 11 is 0. The van der Waals surface area contributed by atoms with Gasteiger partial charge in [-0.25, -0.2) is 0 Å². The third-order valence-corrected chi connectivity index (χ3v) is 2.90. The Kier molecular flexibility index (Phi) is 4.39. The number of amides is 1. The summed E-state index contributed by atoms with van der Waals surface area (Å²) in [5, 5.41) is 2.99. The Hall–Kier alpha value is -0.570. The van der Waals surface area contributed by atoms with Gasteiger partial charge in [0.15, 0.2) is 0 Å². The van der Waals surface area contributed by atoms with Gasteiger partial charge in [-0.05, 0) is 32.1 Å². The standard InChI is InChI=1S/C11H22N2O/c1-3-4-5-10(12)11(14)13-8(2)9-6-7-9/h8-10H,3-7,12H2,1-2H3,(H,13,14). The number of hydrogen-bond acceptors (Lipinski definition) is 2. The first-order valence-corrected chi connectivity index (χ1v) is 5.71. The topological polar surface area (TPSA) is 55.1 Å². The molecule has 2 unspecified atom stereocenters. The van der Waals surface area contributed by atoms with E-state index < -0.39 is 0 Å². The van der Waals surface area contributed by atoms with Crippen molar-refractivity contribution in [2.75, 3.05) is 0 Å². The van der Waals surface area contributed by atoms with Crippen LogP contribution in [0.4, 0.5) is 0 Å². The molecule has 1 fully saturated rings. The first-order chi connectivity index (χ1) is 6.65. The summed E-state index contributed by atoms with van der Waals surface area (Å²) in [7, 11) is 0. The van der Waals surface area contributed by atoms with Gasteiger partial charge in [0.2, 0.25) is 5.91 Å². The molecule has 0 aromatic carbocycles. The van der Waals surface area contributed by atoms with E-state index in [0.29, 0.717) is 12.0 Å². The van der Waals surface area contributed by atoms with Gasteiger partial charge in [-0.2, -0.15) is 0 Å². The molecule has 1 aliphatic rings. The van der Waals surface area contributed by atoms with E-state index in [1.807, 2.05) is 0 Å². The van der Waals surface area contributed by atoms with Gasteiger partial charge in [0.1, 0.15) is 0 Å². The van der Waals surface area contributed by atoms with Gasteiger partial charge in [-0.15, -0.1) is 0 Å². The van der Waals surface area contributed by atoms with E-state index >= 15 is 0 Å². The zero-order valence-corrected chi connectivity index (χ0v) is 9.25. The minimum Gasteiger partial charge on any atom is -0.352 e. The Morgan fingerprint density at radius 2 is 2.21 bits per heavy atom. The summed E-state index contributed by atoms with van der Waals surface area (Å²) < 4.78 is 0. The molecule has 82 valence electrons. The van der Waals surface area contributed by atoms with Crippen LogP contribution in [0.15, 0.2) is 0 Å². The van der Waals surface area contributed by atoms with Crippen LogP contribution in [0.5, 0.6) is 0 Å². The van der Waals surface area contributed by atoms with Crippen LogP contribution in [0.1, 0.15) is 46.0 Å². The molecular weight excluding hydrogens is 176 g/mol. The summed E-state index contributed by atoms with van der Waals surface area (Å²) in [6.45, 7) is 4.18. The van der Waals surface area contributed by atoms with Gasteiger partial charge >= 0.3 is 0 Å². The summed E-state index contributed by atoms with van der Waals surface area (Å²) in [6.07, 6.45) is 5.45. The number of carbonyl (C=O) groups is 1. The van der Waals surface area contributed by atoms with Crippen molar-refractivity contribution in [2.45, 2.75) is 58.0 Å². The van der Waals surface area contributed by atoms with Crippen LogP contribution in [-0.4, -0.2) is 18.0 Å². The molecule has 2 atom stereocenters. The first-order valence-electron chi connectivity index (χ1n) is 5.71. The smallest absolute Gasteiger partial charge is 0.237 e. The lowest BCUT2D eigenvalue weighted by Crippen LogP contribution is -2.45. The van der Waals surface area contributed by atoms with Crippen molar-refractivity contribution < 1.29 is 4.79 Å². The molecule has 1 aliphatic carbocycles. The molecule has 3 N–H and O–H groups in total. The van der Waals surface area contributed by atoms with Crippen LogP contribution in [0.2, 0.25) is 0 Å². The Labute approximate surface area is 86.4 Å². The van der Waals surface area contributed by atoms with Crippen LogP contribution in [0.3, 0.4) is 0 Å². The molecule has 0 aromatic rings. The van der Waals surface area contributed by atoms with Crippen LogP contribution in [-0.2, 0) is 4.79 Å². The second-order valence-corrected chi connectivity index (χ2v) is 4.38. The highest BCUT2D eigenvalue weighted by atomic mass is 16.2. The summed E-state index contributed by atoms with van der Waals surface area (Å²) in [5.74, 6) is 0.732. The van der Waals surface area contributed by atoms with Crippen molar-refractivity contribution in [3.8, 4) is 0 Å². The van der Waals surface area contributed by atoms with Gasteiger partial charge in [0, 0.05) is 6.04 Å². The molecule has 0 bridgehead atoms. The lowest BCUT2D eigenvalue weighted by molar-refractivity contribution is -0.123. The Balaban J connectivity index is 2.18. The molecule has 1 amide bonds. The van der Waals surface area contributed by atoms with Crippen LogP contribution >= 0.6 is 0 Å². The van der Waals surface area contributed by atoms with Crippen molar-refractivity contribution >= 4 is 5.91 Å². The zero-order chi connectivity index (χ0) is 10.6. The molecule has 14 heavy (non-hydrogen) atoms. The third-order valence-electron chi connectivity index (χ3n) is 2.90. The average Bonchev–Trinajstić information content (AvgIpc) is 2.96. The minimum absolute atomic E-state index is 0.0258. The SMILES string of the molecule is CCCCC(N)C(=O)NC(C)C1CC1. The molecule has 1 rings (SSSR count). The second kappa shape index (κ2) is 5.35. The van der Waals surface area contributed by atoms with E-state index in [0.717, 1.165) is 19.3 Å². The predicted molar refractivity (Wildman–Crippen MR) is 57.8 cm³/mol. The van der Waals surface area contributed by atoms with E-state index in [2.05, 4.69) is 19.2 Å². The van der Waals surface area contributed by atoms with Gasteiger partial charge in [-0.3, -0.25) is 4.79 Å². The fraction of sp³-hybridized carbons (Fsp3) is 0.909. The summed E-state index contributed by atoms with van der Waals surface area (Å²) in [4.78, 5) is 11.6. The Morgan fingerprint density at radius 1 is 1.57 bits per heavy atom. The molecule has 3 nitrogen and oxygen atoms in total. The average molecular weight is 198 g/mol. The molecule has 0 heterocycles. The summed E-state index contributed by atoms with van der Waals surface area (Å²) in [5.41, 5.74) is 5.76. The maximum absolute atomic E-state index is 11.6. The third kappa shape index (κ3) is 3.66. The maximum atomic E-state index is 11.6. The van der Waals surface area contributed by atoms with Gasteiger partial charge in [-0.1, -0.05) is 19.8 Å². The Morgan fingerprint density at radius 3 is 2.71 bits per heavy atom. The van der Waals surface area contributed by atoms with Crippen molar-refractivity contribution in [1.82, 2.24) is 5.32 Å². The van der Waals surface area contributed by atoms with Gasteiger partial charge < -0.3 is 11.1 Å². The molecular formula is C11H22N2O. The van der Waals surface area contributed by atoms with Gasteiger partial charge in [0.25, 0.3) is 0 Å². The molecule has 3 heteroatoms. The monoisotopic (exact) mass is 198 g/mol. The molecule has 1 saturated carbocycles. The van der Waals surface area contributed by atoms with Crippen LogP contribution < -0.4 is 11.1 Å². The minimum atomic E-state index is -0.309. The van der Waals surface area contributed by atoms with Crippen molar-refractivity contribution in [1.29, 1.82) is 0 Å². The number of carbonyl (C=O) groups excluding carboxylic acids is 1. The number of nitrogens with two attached hydrogens (primary N) is 1. The van der Waals surface area contributed by atoms with E-state index in [4.69, 9.17) is 5.73 Å². The highest BCUT2D eigenvalue weighted by molar-refractivity contribution is 5.81. The molecule has 0 spiro atoms. The first kappa shape index (κ1) is 11.5. The fourth-order valence-electron chi connectivity index (χ4n) is 1.60. The number of unbranched alkanes of at least 4 members (excludes halogenated alkanes) is 1. The zero-order valence-electron chi connectivity index (χ0n) is 9.25. The largest absolute Gasteiger partial charge is 0.352 e. The molecule has 0 aromatic heterocycles. The lowest BCUT2D eigenvalue weighted by Gasteiger charge is -2.16. The van der Waals surface area contributed by atoms with Crippen LogP contribution in [0.25, 0.3) is 0 Å². The van der Waals surface area contributed by atoms with Crippen LogP contribution in [0, 0.1) is 5.92 Å². The molecule has 0 aliphatic heterocycles. The fourth-order valence-corrected chi connectivity index (χ4v) is 1.60. The number of rotatable bonds is 6. The highest BCUT2D eigenvalue weighted by Gasteiger charge is 2.29. The highest BCUT2D eigenvalue weighted by Crippen LogP contribution is 2.32. The van der Waals surface area contributed by atoms with Crippen molar-refractivity contribution in [3.63, 3.8) is 0 Å². The molecule has 0 saturated heterocycles.